The van der Waals surface area contributed by atoms with Crippen molar-refractivity contribution in [3.8, 4) is 0 Å². The molecule has 0 aliphatic carbocycles. The van der Waals surface area contributed by atoms with Gasteiger partial charge in [-0.1, -0.05) is 60.7 Å². The summed E-state index contributed by atoms with van der Waals surface area (Å²) in [6, 6.07) is 24.2. The largest absolute Gasteiger partial charge is 0.346 e. The van der Waals surface area contributed by atoms with Crippen molar-refractivity contribution in [2.24, 2.45) is 0 Å². The van der Waals surface area contributed by atoms with Gasteiger partial charge in [-0.3, -0.25) is 4.79 Å². The van der Waals surface area contributed by atoms with Crippen LogP contribution in [0.5, 0.6) is 0 Å². The summed E-state index contributed by atoms with van der Waals surface area (Å²) in [5.74, 6) is 0.333. The zero-order valence-electron chi connectivity index (χ0n) is 16.2. The van der Waals surface area contributed by atoms with Gasteiger partial charge in [-0.05, 0) is 30.2 Å². The average molecular weight is 387 g/mol. The Morgan fingerprint density at radius 1 is 1.00 bits per heavy atom. The Hall–Kier alpha value is -3.47. The number of rotatable bonds is 6. The van der Waals surface area contributed by atoms with E-state index in [1.54, 1.807) is 12.1 Å². The molecule has 4 aromatic rings. The van der Waals surface area contributed by atoms with E-state index in [1.165, 1.54) is 13.0 Å². The highest BCUT2D eigenvalue weighted by atomic mass is 19.1. The molecule has 4 nitrogen and oxygen atoms in total. The SMILES string of the molecule is CC(=O)N[C@H](Cc1ccccc1)c1nc2ccccc2n1Cc1ccccc1F. The lowest BCUT2D eigenvalue weighted by Crippen LogP contribution is -2.30. The molecule has 0 bridgehead atoms. The molecule has 0 fully saturated rings. The molecule has 0 spiro atoms. The second-order valence-corrected chi connectivity index (χ2v) is 7.08. The van der Waals surface area contributed by atoms with Crippen molar-refractivity contribution in [3.63, 3.8) is 0 Å². The van der Waals surface area contributed by atoms with E-state index in [4.69, 9.17) is 4.98 Å². The summed E-state index contributed by atoms with van der Waals surface area (Å²) < 4.78 is 16.4. The van der Waals surface area contributed by atoms with Gasteiger partial charge in [0.05, 0.1) is 23.6 Å². The predicted molar refractivity (Wildman–Crippen MR) is 112 cm³/mol. The van der Waals surface area contributed by atoms with Crippen LogP contribution in [0.4, 0.5) is 4.39 Å². The fourth-order valence-corrected chi connectivity index (χ4v) is 3.63. The topological polar surface area (TPSA) is 46.9 Å². The molecule has 1 heterocycles. The number of amides is 1. The van der Waals surface area contributed by atoms with Crippen LogP contribution < -0.4 is 5.32 Å². The molecule has 0 radical (unpaired) electrons. The van der Waals surface area contributed by atoms with E-state index in [2.05, 4.69) is 5.32 Å². The predicted octanol–water partition coefficient (Wildman–Crippen LogP) is 4.64. The summed E-state index contributed by atoms with van der Waals surface area (Å²) in [6.45, 7) is 1.84. The van der Waals surface area contributed by atoms with Crippen molar-refractivity contribution in [1.82, 2.24) is 14.9 Å². The monoisotopic (exact) mass is 387 g/mol. The van der Waals surface area contributed by atoms with Crippen molar-refractivity contribution in [2.45, 2.75) is 25.9 Å². The first-order valence-electron chi connectivity index (χ1n) is 9.61. The lowest BCUT2D eigenvalue weighted by molar-refractivity contribution is -0.119. The second-order valence-electron chi connectivity index (χ2n) is 7.08. The number of imidazole rings is 1. The van der Waals surface area contributed by atoms with Crippen LogP contribution in [0.1, 0.15) is 29.9 Å². The molecule has 4 rings (SSSR count). The first kappa shape index (κ1) is 18.9. The molecule has 5 heteroatoms. The van der Waals surface area contributed by atoms with Crippen LogP contribution in [0, 0.1) is 5.82 Å². The van der Waals surface area contributed by atoms with Crippen molar-refractivity contribution < 1.29 is 9.18 Å². The van der Waals surface area contributed by atoms with Crippen LogP contribution in [0.2, 0.25) is 0 Å². The highest BCUT2D eigenvalue weighted by Gasteiger charge is 2.22. The molecule has 0 saturated heterocycles. The normalized spacial score (nSPS) is 12.1. The maximum Gasteiger partial charge on any atom is 0.217 e. The zero-order chi connectivity index (χ0) is 20.2. The van der Waals surface area contributed by atoms with Crippen molar-refractivity contribution in [3.05, 3.63) is 102 Å². The molecular weight excluding hydrogens is 365 g/mol. The van der Waals surface area contributed by atoms with Crippen LogP contribution in [0.3, 0.4) is 0 Å². The highest BCUT2D eigenvalue weighted by molar-refractivity contribution is 5.77. The van der Waals surface area contributed by atoms with Gasteiger partial charge < -0.3 is 9.88 Å². The summed E-state index contributed by atoms with van der Waals surface area (Å²) >= 11 is 0. The second kappa shape index (κ2) is 8.27. The first-order valence-corrected chi connectivity index (χ1v) is 9.61. The Balaban J connectivity index is 1.81. The molecule has 146 valence electrons. The number of aromatic nitrogens is 2. The summed E-state index contributed by atoms with van der Waals surface area (Å²) in [5.41, 5.74) is 3.41. The van der Waals surface area contributed by atoms with Gasteiger partial charge in [-0.25, -0.2) is 9.37 Å². The molecular formula is C24H22FN3O. The van der Waals surface area contributed by atoms with Gasteiger partial charge in [0.1, 0.15) is 11.6 Å². The van der Waals surface area contributed by atoms with Gasteiger partial charge in [0.25, 0.3) is 0 Å². The number of para-hydroxylation sites is 2. The van der Waals surface area contributed by atoms with Crippen molar-refractivity contribution >= 4 is 16.9 Å². The molecule has 1 amide bonds. The third kappa shape index (κ3) is 4.19. The number of hydrogen-bond donors (Lipinski definition) is 1. The maximum absolute atomic E-state index is 14.4. The molecule has 29 heavy (non-hydrogen) atoms. The minimum absolute atomic E-state index is 0.129. The van der Waals surface area contributed by atoms with Crippen LogP contribution in [-0.2, 0) is 17.8 Å². The molecule has 1 atom stereocenters. The third-order valence-corrected chi connectivity index (χ3v) is 4.94. The Bertz CT molecular complexity index is 1140. The summed E-state index contributed by atoms with van der Waals surface area (Å²) in [6.07, 6.45) is 0.598. The lowest BCUT2D eigenvalue weighted by atomic mass is 10.0. The van der Waals surface area contributed by atoms with E-state index in [9.17, 15) is 9.18 Å². The number of halogens is 1. The Morgan fingerprint density at radius 2 is 1.69 bits per heavy atom. The van der Waals surface area contributed by atoms with Gasteiger partial charge >= 0.3 is 0 Å². The number of benzene rings is 3. The van der Waals surface area contributed by atoms with Crippen LogP contribution >= 0.6 is 0 Å². The van der Waals surface area contributed by atoms with Crippen LogP contribution in [0.25, 0.3) is 11.0 Å². The molecule has 3 aromatic carbocycles. The molecule has 1 aromatic heterocycles. The Morgan fingerprint density at radius 3 is 2.45 bits per heavy atom. The number of fused-ring (bicyclic) bond motifs is 1. The minimum Gasteiger partial charge on any atom is -0.346 e. The number of carbonyl (C=O) groups excluding carboxylic acids is 1. The first-order chi connectivity index (χ1) is 14.1. The van der Waals surface area contributed by atoms with Gasteiger partial charge in [0, 0.05) is 12.5 Å². The number of nitrogens with one attached hydrogen (secondary N) is 1. The molecule has 1 N–H and O–H groups in total. The van der Waals surface area contributed by atoms with E-state index in [-0.39, 0.29) is 17.8 Å². The number of carbonyl (C=O) groups is 1. The highest BCUT2D eigenvalue weighted by Crippen LogP contribution is 2.25. The number of nitrogens with zero attached hydrogens (tertiary/aromatic N) is 2. The molecule has 0 saturated carbocycles. The van der Waals surface area contributed by atoms with Crippen molar-refractivity contribution in [2.75, 3.05) is 0 Å². The molecule has 0 aliphatic rings. The third-order valence-electron chi connectivity index (χ3n) is 4.94. The standard InChI is InChI=1S/C24H22FN3O/c1-17(29)26-22(15-18-9-3-2-4-10-18)24-27-21-13-7-8-14-23(21)28(24)16-19-11-5-6-12-20(19)25/h2-14,22H,15-16H2,1H3,(H,26,29)/t22-/m1/s1. The summed E-state index contributed by atoms with van der Waals surface area (Å²) in [7, 11) is 0. The van der Waals surface area contributed by atoms with E-state index >= 15 is 0 Å². The average Bonchev–Trinajstić information content (AvgIpc) is 3.08. The summed E-state index contributed by atoms with van der Waals surface area (Å²) in [5, 5.41) is 3.03. The number of hydrogen-bond acceptors (Lipinski definition) is 2. The smallest absolute Gasteiger partial charge is 0.217 e. The van der Waals surface area contributed by atoms with E-state index in [1.807, 2.05) is 65.2 Å². The fourth-order valence-electron chi connectivity index (χ4n) is 3.63. The van der Waals surface area contributed by atoms with Crippen molar-refractivity contribution in [1.29, 1.82) is 0 Å². The van der Waals surface area contributed by atoms with Crippen LogP contribution in [0.15, 0.2) is 78.9 Å². The van der Waals surface area contributed by atoms with E-state index in [0.29, 0.717) is 24.4 Å². The van der Waals surface area contributed by atoms with Gasteiger partial charge in [-0.2, -0.15) is 0 Å². The lowest BCUT2D eigenvalue weighted by Gasteiger charge is -2.20. The quantitative estimate of drug-likeness (QED) is 0.524. The zero-order valence-corrected chi connectivity index (χ0v) is 16.2. The molecule has 0 aliphatic heterocycles. The van der Waals surface area contributed by atoms with Crippen LogP contribution in [-0.4, -0.2) is 15.5 Å². The Labute approximate surface area is 169 Å². The summed E-state index contributed by atoms with van der Waals surface area (Å²) in [4.78, 5) is 16.8. The maximum atomic E-state index is 14.4. The fraction of sp³-hybridized carbons (Fsp3) is 0.167. The molecule has 0 unspecified atom stereocenters. The minimum atomic E-state index is -0.325. The van der Waals surface area contributed by atoms with Gasteiger partial charge in [0.2, 0.25) is 5.91 Å². The van der Waals surface area contributed by atoms with E-state index < -0.39 is 0 Å². The van der Waals surface area contributed by atoms with Gasteiger partial charge in [-0.15, -0.1) is 0 Å². The van der Waals surface area contributed by atoms with E-state index in [0.717, 1.165) is 16.6 Å². The van der Waals surface area contributed by atoms with Gasteiger partial charge in [0.15, 0.2) is 0 Å². The Kier molecular flexibility index (Phi) is 5.38.